The normalized spacial score (nSPS) is 15.1. The number of carbonyl (C=O) groups is 2. The van der Waals surface area contributed by atoms with E-state index in [9.17, 15) is 22.8 Å². The lowest BCUT2D eigenvalue weighted by atomic mass is 9.74. The Hall–Kier alpha value is -4.06. The number of rotatable bonds is 7. The van der Waals surface area contributed by atoms with Crippen LogP contribution in [0.3, 0.4) is 0 Å². The van der Waals surface area contributed by atoms with Gasteiger partial charge in [-0.3, -0.25) is 9.59 Å². The highest BCUT2D eigenvalue weighted by molar-refractivity contribution is 7.22. The maximum absolute atomic E-state index is 13.7. The summed E-state index contributed by atoms with van der Waals surface area (Å²) in [7, 11) is 0. The number of halogens is 3. The molecule has 1 saturated carbocycles. The number of para-hydroxylation sites is 1. The average molecular weight is 570 g/mol. The standard InChI is InChI=1S/C28H26F3N5O3S/c1-15(37)35-27-36-25-21(8-5-9-22(25)40-27)39-23-13-20(33-14-34-23)18-11-10-17(28(29,30)31)12-19(18)24(26(32)38)16-6-3-2-4-7-16/h5,8-14,16,24H,2-4,6-7H2,1H3,(H2,32,38)(H,35,36,37). The number of hydrogen-bond donors (Lipinski definition) is 2. The largest absolute Gasteiger partial charge is 0.437 e. The van der Waals surface area contributed by atoms with Gasteiger partial charge < -0.3 is 15.8 Å². The fraction of sp³-hybridized carbons (Fsp3) is 0.321. The number of benzene rings is 2. The number of hydrogen-bond acceptors (Lipinski definition) is 7. The van der Waals surface area contributed by atoms with Gasteiger partial charge in [0.1, 0.15) is 11.8 Å². The van der Waals surface area contributed by atoms with E-state index in [0.29, 0.717) is 40.5 Å². The number of amides is 2. The van der Waals surface area contributed by atoms with Crippen LogP contribution < -0.4 is 15.8 Å². The molecular formula is C28H26F3N5O3S. The summed E-state index contributed by atoms with van der Waals surface area (Å²) in [5, 5.41) is 3.07. The third kappa shape index (κ3) is 5.91. The number of nitrogens with one attached hydrogen (secondary N) is 1. The van der Waals surface area contributed by atoms with Crippen LogP contribution in [0.4, 0.5) is 18.3 Å². The van der Waals surface area contributed by atoms with Crippen molar-refractivity contribution in [3.8, 4) is 22.9 Å². The van der Waals surface area contributed by atoms with Crippen molar-refractivity contribution in [2.75, 3.05) is 5.32 Å². The Morgan fingerprint density at radius 3 is 2.58 bits per heavy atom. The number of primary amides is 1. The second-order valence-corrected chi connectivity index (χ2v) is 10.8. The molecule has 5 rings (SSSR count). The minimum absolute atomic E-state index is 0.130. The first-order valence-electron chi connectivity index (χ1n) is 12.8. The van der Waals surface area contributed by atoms with Gasteiger partial charge in [0, 0.05) is 18.6 Å². The van der Waals surface area contributed by atoms with Crippen molar-refractivity contribution in [3.63, 3.8) is 0 Å². The lowest BCUT2D eigenvalue weighted by Crippen LogP contribution is -2.30. The zero-order valence-corrected chi connectivity index (χ0v) is 22.3. The predicted molar refractivity (Wildman–Crippen MR) is 145 cm³/mol. The molecule has 0 aliphatic heterocycles. The Labute approximate surface area is 231 Å². The fourth-order valence-electron chi connectivity index (χ4n) is 5.20. The molecule has 1 aliphatic carbocycles. The van der Waals surface area contributed by atoms with E-state index >= 15 is 0 Å². The van der Waals surface area contributed by atoms with Crippen LogP contribution in [0.15, 0.2) is 48.8 Å². The van der Waals surface area contributed by atoms with Crippen molar-refractivity contribution in [1.29, 1.82) is 0 Å². The van der Waals surface area contributed by atoms with Crippen LogP contribution in [0.25, 0.3) is 21.5 Å². The number of carbonyl (C=O) groups excluding carboxylic acids is 2. The molecule has 2 aromatic carbocycles. The number of anilines is 1. The van der Waals surface area contributed by atoms with Crippen molar-refractivity contribution in [1.82, 2.24) is 15.0 Å². The van der Waals surface area contributed by atoms with E-state index in [1.807, 2.05) is 6.07 Å². The summed E-state index contributed by atoms with van der Waals surface area (Å²) in [5.74, 6) is -1.47. The quantitative estimate of drug-likeness (QED) is 0.256. The summed E-state index contributed by atoms with van der Waals surface area (Å²) in [5.41, 5.74) is 6.31. The monoisotopic (exact) mass is 569 g/mol. The SMILES string of the molecule is CC(=O)Nc1nc2c(Oc3cc(-c4ccc(C(F)(F)F)cc4C(C(N)=O)C4CCCCC4)ncn3)cccc2s1. The molecule has 3 N–H and O–H groups in total. The Morgan fingerprint density at radius 1 is 1.10 bits per heavy atom. The van der Waals surface area contributed by atoms with Crippen LogP contribution in [-0.4, -0.2) is 26.8 Å². The zero-order valence-electron chi connectivity index (χ0n) is 21.5. The van der Waals surface area contributed by atoms with Gasteiger partial charge in [-0.15, -0.1) is 0 Å². The van der Waals surface area contributed by atoms with Gasteiger partial charge in [0.2, 0.25) is 17.7 Å². The molecule has 12 heteroatoms. The predicted octanol–water partition coefficient (Wildman–Crippen LogP) is 6.67. The van der Waals surface area contributed by atoms with Crippen molar-refractivity contribution in [2.24, 2.45) is 11.7 Å². The van der Waals surface area contributed by atoms with Crippen LogP contribution in [0.5, 0.6) is 11.6 Å². The van der Waals surface area contributed by atoms with E-state index in [-0.39, 0.29) is 23.3 Å². The van der Waals surface area contributed by atoms with Gasteiger partial charge in [-0.1, -0.05) is 42.7 Å². The van der Waals surface area contributed by atoms with Crippen molar-refractivity contribution in [2.45, 2.75) is 51.1 Å². The topological polar surface area (TPSA) is 120 Å². The lowest BCUT2D eigenvalue weighted by molar-refractivity contribution is -0.137. The second-order valence-electron chi connectivity index (χ2n) is 9.72. The third-order valence-corrected chi connectivity index (χ3v) is 7.88. The molecule has 40 heavy (non-hydrogen) atoms. The molecule has 1 unspecified atom stereocenters. The number of alkyl halides is 3. The van der Waals surface area contributed by atoms with Gasteiger partial charge >= 0.3 is 6.18 Å². The van der Waals surface area contributed by atoms with Crippen LogP contribution in [-0.2, 0) is 15.8 Å². The molecule has 8 nitrogen and oxygen atoms in total. The van der Waals surface area contributed by atoms with Gasteiger partial charge in [-0.2, -0.15) is 13.2 Å². The molecule has 1 atom stereocenters. The summed E-state index contributed by atoms with van der Waals surface area (Å²) in [6.45, 7) is 1.39. The van der Waals surface area contributed by atoms with Crippen molar-refractivity contribution in [3.05, 3.63) is 59.9 Å². The molecule has 0 saturated heterocycles. The smallest absolute Gasteiger partial charge is 0.416 e. The molecule has 1 fully saturated rings. The molecule has 2 aromatic heterocycles. The first-order valence-corrected chi connectivity index (χ1v) is 13.6. The Balaban J connectivity index is 1.55. The minimum Gasteiger partial charge on any atom is -0.437 e. The van der Waals surface area contributed by atoms with Gasteiger partial charge in [0.25, 0.3) is 0 Å². The van der Waals surface area contributed by atoms with Crippen LogP contribution in [0, 0.1) is 5.92 Å². The Morgan fingerprint density at radius 2 is 1.88 bits per heavy atom. The maximum atomic E-state index is 13.7. The minimum atomic E-state index is -4.59. The van der Waals surface area contributed by atoms with E-state index in [1.54, 1.807) is 12.1 Å². The third-order valence-electron chi connectivity index (χ3n) is 6.94. The first kappa shape index (κ1) is 27.5. The second kappa shape index (κ2) is 11.2. The molecular weight excluding hydrogens is 543 g/mol. The van der Waals surface area contributed by atoms with Crippen LogP contribution in [0.2, 0.25) is 0 Å². The van der Waals surface area contributed by atoms with Gasteiger partial charge in [0.15, 0.2) is 10.9 Å². The van der Waals surface area contributed by atoms with Crippen molar-refractivity contribution >= 4 is 38.5 Å². The van der Waals surface area contributed by atoms with Gasteiger partial charge in [0.05, 0.1) is 21.9 Å². The van der Waals surface area contributed by atoms with E-state index in [0.717, 1.165) is 36.1 Å². The van der Waals surface area contributed by atoms with Crippen LogP contribution in [0.1, 0.15) is 56.1 Å². The number of nitrogens with two attached hydrogens (primary N) is 1. The summed E-state index contributed by atoms with van der Waals surface area (Å²) >= 11 is 1.28. The molecule has 1 aliphatic rings. The van der Waals surface area contributed by atoms with E-state index in [4.69, 9.17) is 10.5 Å². The number of ether oxygens (including phenoxy) is 1. The lowest BCUT2D eigenvalue weighted by Gasteiger charge is -2.30. The van der Waals surface area contributed by atoms with Crippen molar-refractivity contribution < 1.29 is 27.5 Å². The van der Waals surface area contributed by atoms with Crippen LogP contribution >= 0.6 is 11.3 Å². The number of fused-ring (bicyclic) bond motifs is 1. The number of nitrogens with zero attached hydrogens (tertiary/aromatic N) is 3. The fourth-order valence-corrected chi connectivity index (χ4v) is 6.13. The molecule has 0 radical (unpaired) electrons. The highest BCUT2D eigenvalue weighted by Gasteiger charge is 2.36. The Kier molecular flexibility index (Phi) is 7.70. The summed E-state index contributed by atoms with van der Waals surface area (Å²) < 4.78 is 48.0. The number of thiazole rings is 1. The molecule has 208 valence electrons. The number of aromatic nitrogens is 3. The molecule has 4 aromatic rings. The molecule has 0 spiro atoms. The molecule has 0 bridgehead atoms. The van der Waals surface area contributed by atoms with E-state index in [2.05, 4.69) is 20.3 Å². The first-order chi connectivity index (χ1) is 19.1. The average Bonchev–Trinajstić information content (AvgIpc) is 3.32. The summed E-state index contributed by atoms with van der Waals surface area (Å²) in [6, 6.07) is 10.1. The van der Waals surface area contributed by atoms with E-state index < -0.39 is 23.6 Å². The molecule has 2 amide bonds. The summed E-state index contributed by atoms with van der Waals surface area (Å²) in [4.78, 5) is 37.1. The highest BCUT2D eigenvalue weighted by Crippen LogP contribution is 2.43. The zero-order chi connectivity index (χ0) is 28.4. The highest BCUT2D eigenvalue weighted by atomic mass is 32.1. The van der Waals surface area contributed by atoms with Gasteiger partial charge in [-0.25, -0.2) is 15.0 Å². The van der Waals surface area contributed by atoms with E-state index in [1.165, 1.54) is 36.7 Å². The Bertz CT molecular complexity index is 1570. The maximum Gasteiger partial charge on any atom is 0.416 e. The van der Waals surface area contributed by atoms with Gasteiger partial charge in [-0.05, 0) is 48.6 Å². The summed E-state index contributed by atoms with van der Waals surface area (Å²) in [6.07, 6.45) is 0.863. The molecule has 2 heterocycles.